The molecule has 0 saturated carbocycles. The predicted octanol–water partition coefficient (Wildman–Crippen LogP) is 1.55. The molecule has 0 radical (unpaired) electrons. The molecule has 1 atom stereocenters. The van der Waals surface area contributed by atoms with Gasteiger partial charge in [0.05, 0.1) is 0 Å². The summed E-state index contributed by atoms with van der Waals surface area (Å²) in [5.74, 6) is -1.49. The number of anilines is 1. The lowest BCUT2D eigenvalue weighted by atomic mass is 10.3. The normalized spacial score (nSPS) is 13.3. The molecular weight excluding hydrogens is 211 g/mol. The van der Waals surface area contributed by atoms with Gasteiger partial charge in [-0.2, -0.15) is 13.2 Å². The molecule has 0 spiro atoms. The third-order valence-electron chi connectivity index (χ3n) is 1.60. The summed E-state index contributed by atoms with van der Waals surface area (Å²) in [5.41, 5.74) is 0.200. The Bertz CT molecular complexity index is 337. The number of hydrogen-bond donors (Lipinski definition) is 2. The van der Waals surface area contributed by atoms with Crippen molar-refractivity contribution in [3.05, 3.63) is 30.3 Å². The summed E-state index contributed by atoms with van der Waals surface area (Å²) < 4.78 is 35.7. The number of carbonyl (C=O) groups excluding carboxylic acids is 1. The van der Waals surface area contributed by atoms with Gasteiger partial charge in [-0.15, -0.1) is 0 Å². The Balaban J connectivity index is 2.65. The van der Waals surface area contributed by atoms with Crippen LogP contribution in [0.2, 0.25) is 0 Å². The number of halogens is 3. The molecule has 15 heavy (non-hydrogen) atoms. The molecule has 0 heterocycles. The minimum atomic E-state index is -4.95. The Morgan fingerprint density at radius 1 is 1.27 bits per heavy atom. The second kappa shape index (κ2) is 4.31. The fourth-order valence-electron chi connectivity index (χ4n) is 0.881. The molecule has 1 rings (SSSR count). The molecule has 6 heteroatoms. The van der Waals surface area contributed by atoms with Crippen molar-refractivity contribution >= 4 is 11.6 Å². The molecule has 1 amide bonds. The summed E-state index contributed by atoms with van der Waals surface area (Å²) in [6, 6.07) is 7.59. The van der Waals surface area contributed by atoms with E-state index < -0.39 is 18.2 Å². The van der Waals surface area contributed by atoms with Gasteiger partial charge in [-0.3, -0.25) is 4.79 Å². The number of benzene rings is 1. The molecule has 0 saturated heterocycles. The van der Waals surface area contributed by atoms with Gasteiger partial charge in [0.15, 0.2) is 0 Å². The maximum Gasteiger partial charge on any atom is 0.423 e. The first-order chi connectivity index (χ1) is 6.91. The van der Waals surface area contributed by atoms with Crippen LogP contribution in [0.5, 0.6) is 0 Å². The van der Waals surface area contributed by atoms with Crippen LogP contribution in [0.25, 0.3) is 0 Å². The minimum absolute atomic E-state index is 0.200. The number of aliphatic hydroxyl groups excluding tert-OH is 1. The molecule has 82 valence electrons. The summed E-state index contributed by atoms with van der Waals surface area (Å²) in [4.78, 5) is 10.9. The van der Waals surface area contributed by atoms with Crippen LogP contribution in [0.15, 0.2) is 30.3 Å². The average molecular weight is 219 g/mol. The number of rotatable bonds is 2. The van der Waals surface area contributed by atoms with Crippen molar-refractivity contribution in [2.45, 2.75) is 12.3 Å². The minimum Gasteiger partial charge on any atom is -0.376 e. The summed E-state index contributed by atoms with van der Waals surface area (Å²) in [5, 5.41) is 10.5. The van der Waals surface area contributed by atoms with E-state index in [1.54, 1.807) is 18.2 Å². The summed E-state index contributed by atoms with van der Waals surface area (Å²) in [6.07, 6.45) is -7.95. The molecule has 1 aromatic carbocycles. The highest BCUT2D eigenvalue weighted by molar-refractivity contribution is 5.94. The van der Waals surface area contributed by atoms with Gasteiger partial charge >= 0.3 is 6.18 Å². The Labute approximate surface area is 83.5 Å². The van der Waals surface area contributed by atoms with Crippen molar-refractivity contribution in [3.8, 4) is 0 Å². The van der Waals surface area contributed by atoms with Crippen molar-refractivity contribution in [1.29, 1.82) is 0 Å². The molecule has 0 aliphatic heterocycles. The molecule has 0 fully saturated rings. The van der Waals surface area contributed by atoms with Crippen molar-refractivity contribution < 1.29 is 23.1 Å². The first-order valence-electron chi connectivity index (χ1n) is 4.02. The van der Waals surface area contributed by atoms with Crippen LogP contribution < -0.4 is 5.32 Å². The lowest BCUT2D eigenvalue weighted by Gasteiger charge is -2.13. The number of para-hydroxylation sites is 1. The fourth-order valence-corrected chi connectivity index (χ4v) is 0.881. The first kappa shape index (κ1) is 11.5. The number of carbonyl (C=O) groups is 1. The van der Waals surface area contributed by atoms with E-state index in [9.17, 15) is 18.0 Å². The highest BCUT2D eigenvalue weighted by Gasteiger charge is 2.43. The molecule has 0 unspecified atom stereocenters. The van der Waals surface area contributed by atoms with Crippen LogP contribution in [0.1, 0.15) is 0 Å². The number of nitrogens with one attached hydrogen (secondary N) is 1. The second-order valence-corrected chi connectivity index (χ2v) is 2.80. The van der Waals surface area contributed by atoms with Crippen molar-refractivity contribution in [1.82, 2.24) is 0 Å². The Morgan fingerprint density at radius 3 is 2.27 bits per heavy atom. The lowest BCUT2D eigenvalue weighted by Crippen LogP contribution is -2.40. The number of alkyl halides is 3. The SMILES string of the molecule is O=C(Nc1ccccc1)[C@@H](O)C(F)(F)F. The van der Waals surface area contributed by atoms with Gasteiger partial charge in [-0.05, 0) is 12.1 Å². The largest absolute Gasteiger partial charge is 0.423 e. The molecule has 0 aliphatic carbocycles. The van der Waals surface area contributed by atoms with Crippen LogP contribution in [-0.2, 0) is 4.79 Å². The average Bonchev–Trinajstić information content (AvgIpc) is 2.16. The topological polar surface area (TPSA) is 49.3 Å². The predicted molar refractivity (Wildman–Crippen MR) is 47.1 cm³/mol. The van der Waals surface area contributed by atoms with Crippen molar-refractivity contribution in [2.24, 2.45) is 0 Å². The van der Waals surface area contributed by atoms with Crippen LogP contribution in [-0.4, -0.2) is 23.3 Å². The number of aliphatic hydroxyl groups is 1. The smallest absolute Gasteiger partial charge is 0.376 e. The monoisotopic (exact) mass is 219 g/mol. The van der Waals surface area contributed by atoms with Gasteiger partial charge in [0.2, 0.25) is 6.10 Å². The van der Waals surface area contributed by atoms with E-state index in [0.717, 1.165) is 0 Å². The molecule has 1 aromatic rings. The van der Waals surface area contributed by atoms with Gasteiger partial charge in [0.25, 0.3) is 5.91 Å². The summed E-state index contributed by atoms with van der Waals surface area (Å²) in [6.45, 7) is 0. The second-order valence-electron chi connectivity index (χ2n) is 2.80. The number of amides is 1. The van der Waals surface area contributed by atoms with E-state index in [1.165, 1.54) is 12.1 Å². The van der Waals surface area contributed by atoms with E-state index in [1.807, 2.05) is 5.32 Å². The van der Waals surface area contributed by atoms with Crippen molar-refractivity contribution in [3.63, 3.8) is 0 Å². The Morgan fingerprint density at radius 2 is 1.80 bits per heavy atom. The van der Waals surface area contributed by atoms with Crippen LogP contribution >= 0.6 is 0 Å². The maximum atomic E-state index is 11.9. The Hall–Kier alpha value is -1.56. The number of hydrogen-bond acceptors (Lipinski definition) is 2. The van der Waals surface area contributed by atoms with Gasteiger partial charge < -0.3 is 10.4 Å². The zero-order valence-electron chi connectivity index (χ0n) is 7.45. The molecule has 0 aliphatic rings. The first-order valence-corrected chi connectivity index (χ1v) is 4.02. The zero-order chi connectivity index (χ0) is 11.5. The van der Waals surface area contributed by atoms with Crippen LogP contribution in [0, 0.1) is 0 Å². The molecular formula is C9H8F3NO2. The molecule has 0 bridgehead atoms. The standard InChI is InChI=1S/C9H8F3NO2/c10-9(11,12)7(14)8(15)13-6-4-2-1-3-5-6/h1-5,7,14H,(H,13,15)/t7-/m1/s1. The summed E-state index contributed by atoms with van der Waals surface area (Å²) >= 11 is 0. The molecule has 2 N–H and O–H groups in total. The van der Waals surface area contributed by atoms with Gasteiger partial charge in [-0.1, -0.05) is 18.2 Å². The molecule has 3 nitrogen and oxygen atoms in total. The van der Waals surface area contributed by atoms with E-state index >= 15 is 0 Å². The lowest BCUT2D eigenvalue weighted by molar-refractivity contribution is -0.202. The fraction of sp³-hybridized carbons (Fsp3) is 0.222. The van der Waals surface area contributed by atoms with Gasteiger partial charge in [0.1, 0.15) is 0 Å². The Kier molecular flexibility index (Phi) is 3.31. The quantitative estimate of drug-likeness (QED) is 0.792. The van der Waals surface area contributed by atoms with E-state index in [4.69, 9.17) is 5.11 Å². The van der Waals surface area contributed by atoms with E-state index in [0.29, 0.717) is 0 Å². The molecule has 0 aromatic heterocycles. The van der Waals surface area contributed by atoms with Crippen LogP contribution in [0.3, 0.4) is 0 Å². The highest BCUT2D eigenvalue weighted by atomic mass is 19.4. The van der Waals surface area contributed by atoms with E-state index in [-0.39, 0.29) is 5.69 Å². The van der Waals surface area contributed by atoms with Gasteiger partial charge in [0, 0.05) is 5.69 Å². The van der Waals surface area contributed by atoms with Crippen LogP contribution in [0.4, 0.5) is 18.9 Å². The summed E-state index contributed by atoms with van der Waals surface area (Å²) in [7, 11) is 0. The third kappa shape index (κ3) is 3.25. The van der Waals surface area contributed by atoms with Gasteiger partial charge in [-0.25, -0.2) is 0 Å². The van der Waals surface area contributed by atoms with E-state index in [2.05, 4.69) is 0 Å². The highest BCUT2D eigenvalue weighted by Crippen LogP contribution is 2.21. The third-order valence-corrected chi connectivity index (χ3v) is 1.60. The zero-order valence-corrected chi connectivity index (χ0v) is 7.45. The maximum absolute atomic E-state index is 11.9. The van der Waals surface area contributed by atoms with Crippen molar-refractivity contribution in [2.75, 3.05) is 5.32 Å².